The van der Waals surface area contributed by atoms with E-state index in [1.165, 1.54) is 6.26 Å². The van der Waals surface area contributed by atoms with E-state index in [-0.39, 0.29) is 11.3 Å². The molecule has 6 nitrogen and oxygen atoms in total. The molecule has 0 saturated carbocycles. The minimum Gasteiger partial charge on any atom is -0.274 e. The van der Waals surface area contributed by atoms with Crippen LogP contribution in [0.2, 0.25) is 0 Å². The van der Waals surface area contributed by atoms with Gasteiger partial charge in [0.15, 0.2) is 9.84 Å². The van der Waals surface area contributed by atoms with Gasteiger partial charge in [0, 0.05) is 6.26 Å². The smallest absolute Gasteiger partial charge is 0.242 e. The van der Waals surface area contributed by atoms with Gasteiger partial charge in [0.25, 0.3) is 0 Å². The lowest BCUT2D eigenvalue weighted by molar-refractivity contribution is -0.118. The first-order valence-corrected chi connectivity index (χ1v) is 14.0. The Kier molecular flexibility index (Phi) is 5.92. The number of carbonyl (C=O) groups excluding carboxylic acids is 1. The lowest BCUT2D eigenvalue weighted by Crippen LogP contribution is -2.21. The van der Waals surface area contributed by atoms with Gasteiger partial charge in [0.1, 0.15) is 5.25 Å². The average molecular weight is 502 g/mol. The molecule has 1 amide bonds. The molecular weight excluding hydrogens is 478 g/mol. The van der Waals surface area contributed by atoms with Gasteiger partial charge >= 0.3 is 0 Å². The van der Waals surface area contributed by atoms with Gasteiger partial charge in [-0.25, -0.2) is 16.8 Å². The molecule has 1 aliphatic rings. The summed E-state index contributed by atoms with van der Waals surface area (Å²) in [5.74, 6) is -0.492. The molecule has 1 N–H and O–H groups in total. The first-order chi connectivity index (χ1) is 15.4. The zero-order valence-corrected chi connectivity index (χ0v) is 20.5. The van der Waals surface area contributed by atoms with Crippen molar-refractivity contribution in [3.8, 4) is 11.1 Å². The normalized spacial score (nSPS) is 19.6. The summed E-state index contributed by atoms with van der Waals surface area (Å²) in [4.78, 5) is 11.8. The summed E-state index contributed by atoms with van der Waals surface area (Å²) in [6.45, 7) is 1.96. The topological polar surface area (TPSA) is 97.4 Å². The molecule has 0 aromatic heterocycles. The number of hydrogen-bond acceptors (Lipinski definition) is 6. The predicted molar refractivity (Wildman–Crippen MR) is 131 cm³/mol. The number of benzene rings is 3. The number of amides is 1. The van der Waals surface area contributed by atoms with E-state index < -0.39 is 35.8 Å². The molecule has 0 bridgehead atoms. The number of carbonyl (C=O) groups is 1. The molecule has 1 aliphatic heterocycles. The maximum atomic E-state index is 12.1. The van der Waals surface area contributed by atoms with E-state index in [2.05, 4.69) is 0 Å². The third kappa shape index (κ3) is 4.71. The fourth-order valence-electron chi connectivity index (χ4n) is 3.92. The van der Waals surface area contributed by atoms with Gasteiger partial charge < -0.3 is 0 Å². The van der Waals surface area contributed by atoms with E-state index >= 15 is 0 Å². The van der Waals surface area contributed by atoms with Crippen LogP contribution in [-0.4, -0.2) is 29.0 Å². The van der Waals surface area contributed by atoms with E-state index in [4.69, 9.17) is 12.6 Å². The van der Waals surface area contributed by atoms with Crippen molar-refractivity contribution in [2.75, 3.05) is 6.26 Å². The molecule has 2 atom stereocenters. The number of rotatable bonds is 5. The standard InChI is InChI=1S/C24H23NO5S3/c1-24(31,20-11-5-18(6-12-20)22-15-23(26)25-33(22,29)30)19-9-3-16(4-10-19)17-7-13-21(14-8-17)32(2,27)28/h3-14,22,31H,15H2,1-2H3,(H,25,26). The van der Waals surface area contributed by atoms with E-state index in [0.717, 1.165) is 22.3 Å². The molecule has 33 heavy (non-hydrogen) atoms. The van der Waals surface area contributed by atoms with Crippen molar-refractivity contribution in [3.63, 3.8) is 0 Å². The zero-order chi connectivity index (χ0) is 24.0. The summed E-state index contributed by atoms with van der Waals surface area (Å²) < 4.78 is 48.9. The highest BCUT2D eigenvalue weighted by Crippen LogP contribution is 2.38. The van der Waals surface area contributed by atoms with Crippen LogP contribution in [0.4, 0.5) is 0 Å². The van der Waals surface area contributed by atoms with Crippen LogP contribution in [0.25, 0.3) is 11.1 Å². The first-order valence-electron chi connectivity index (χ1n) is 10.2. The molecule has 0 spiro atoms. The highest BCUT2D eigenvalue weighted by Gasteiger charge is 2.38. The van der Waals surface area contributed by atoms with Crippen LogP contribution < -0.4 is 4.72 Å². The Balaban J connectivity index is 1.57. The van der Waals surface area contributed by atoms with Gasteiger partial charge in [-0.3, -0.25) is 9.52 Å². The molecule has 3 aromatic rings. The summed E-state index contributed by atoms with van der Waals surface area (Å²) in [6.07, 6.45) is 1.10. The Morgan fingerprint density at radius 2 is 1.33 bits per heavy atom. The van der Waals surface area contributed by atoms with Crippen molar-refractivity contribution < 1.29 is 21.6 Å². The highest BCUT2D eigenvalue weighted by molar-refractivity contribution is 7.91. The van der Waals surface area contributed by atoms with E-state index in [0.29, 0.717) is 5.56 Å². The number of sulfone groups is 1. The third-order valence-corrected chi connectivity index (χ3v) is 9.25. The molecule has 4 rings (SSSR count). The number of hydrogen-bond donors (Lipinski definition) is 2. The second-order valence-corrected chi connectivity index (χ2v) is 13.1. The summed E-state index contributed by atoms with van der Waals surface area (Å²) in [5.41, 5.74) is 4.24. The van der Waals surface area contributed by atoms with Crippen LogP contribution in [0.3, 0.4) is 0 Å². The maximum Gasteiger partial charge on any atom is 0.242 e. The van der Waals surface area contributed by atoms with Crippen LogP contribution in [0.5, 0.6) is 0 Å². The SMILES string of the molecule is CC(S)(c1ccc(-c2ccc(S(C)(=O)=O)cc2)cc1)c1ccc(C2CC(=O)NS2(=O)=O)cc1. The lowest BCUT2D eigenvalue weighted by atomic mass is 9.90. The van der Waals surface area contributed by atoms with Crippen LogP contribution in [0.1, 0.15) is 35.3 Å². The zero-order valence-electron chi connectivity index (χ0n) is 18.0. The molecule has 9 heteroatoms. The monoisotopic (exact) mass is 501 g/mol. The third-order valence-electron chi connectivity index (χ3n) is 5.91. The number of sulfonamides is 1. The molecule has 1 saturated heterocycles. The minimum absolute atomic E-state index is 0.0769. The second kappa shape index (κ2) is 8.30. The van der Waals surface area contributed by atoms with Gasteiger partial charge in [-0.2, -0.15) is 12.6 Å². The van der Waals surface area contributed by atoms with Gasteiger partial charge in [-0.05, 0) is 46.9 Å². The van der Waals surface area contributed by atoms with Crippen molar-refractivity contribution in [2.24, 2.45) is 0 Å². The van der Waals surface area contributed by atoms with Crippen molar-refractivity contribution in [1.29, 1.82) is 0 Å². The van der Waals surface area contributed by atoms with Crippen LogP contribution in [0.15, 0.2) is 77.7 Å². The molecule has 3 aromatic carbocycles. The summed E-state index contributed by atoms with van der Waals surface area (Å²) in [5, 5.41) is -0.876. The summed E-state index contributed by atoms with van der Waals surface area (Å²) in [6, 6.07) is 21.7. The van der Waals surface area contributed by atoms with E-state index in [1.54, 1.807) is 36.4 Å². The van der Waals surface area contributed by atoms with Gasteiger partial charge in [0.05, 0.1) is 16.1 Å². The Morgan fingerprint density at radius 3 is 1.76 bits per heavy atom. The molecular formula is C24H23NO5S3. The fraction of sp³-hybridized carbons (Fsp3) is 0.208. The van der Waals surface area contributed by atoms with Crippen LogP contribution in [-0.2, 0) is 29.4 Å². The fourth-order valence-corrected chi connectivity index (χ4v) is 6.28. The van der Waals surface area contributed by atoms with Crippen LogP contribution in [0, 0.1) is 0 Å². The number of thiol groups is 1. The van der Waals surface area contributed by atoms with Crippen molar-refractivity contribution in [3.05, 3.63) is 89.5 Å². The van der Waals surface area contributed by atoms with Gasteiger partial charge in [0.2, 0.25) is 15.9 Å². The molecule has 1 fully saturated rings. The Hall–Kier alpha value is -2.62. The predicted octanol–water partition coefficient (Wildman–Crippen LogP) is 3.84. The minimum atomic E-state index is -3.68. The number of nitrogens with one attached hydrogen (secondary N) is 1. The van der Waals surface area contributed by atoms with Crippen molar-refractivity contribution in [2.45, 2.75) is 28.2 Å². The highest BCUT2D eigenvalue weighted by atomic mass is 32.2. The first kappa shape index (κ1) is 23.5. The summed E-state index contributed by atoms with van der Waals surface area (Å²) >= 11 is 4.87. The van der Waals surface area contributed by atoms with Crippen LogP contribution >= 0.6 is 12.6 Å². The Bertz CT molecular complexity index is 1410. The molecule has 0 radical (unpaired) electrons. The van der Waals surface area contributed by atoms with E-state index in [1.807, 2.05) is 48.0 Å². The molecule has 1 heterocycles. The average Bonchev–Trinajstić information content (AvgIpc) is 3.05. The lowest BCUT2D eigenvalue weighted by Gasteiger charge is -2.26. The van der Waals surface area contributed by atoms with Gasteiger partial charge in [-0.15, -0.1) is 0 Å². The van der Waals surface area contributed by atoms with Gasteiger partial charge in [-0.1, -0.05) is 60.7 Å². The summed E-state index contributed by atoms with van der Waals surface area (Å²) in [7, 11) is -6.92. The quantitative estimate of drug-likeness (QED) is 0.518. The Labute approximate surface area is 199 Å². The molecule has 172 valence electrons. The van der Waals surface area contributed by atoms with Crippen molar-refractivity contribution >= 4 is 38.4 Å². The van der Waals surface area contributed by atoms with E-state index in [9.17, 15) is 21.6 Å². The molecule has 2 unspecified atom stereocenters. The second-order valence-electron chi connectivity index (χ2n) is 8.33. The largest absolute Gasteiger partial charge is 0.274 e. The maximum absolute atomic E-state index is 12.1. The Morgan fingerprint density at radius 1 is 0.879 bits per heavy atom. The molecule has 0 aliphatic carbocycles. The van der Waals surface area contributed by atoms with Crippen molar-refractivity contribution in [1.82, 2.24) is 4.72 Å².